The Balaban J connectivity index is 0.000000237. The molecule has 0 fully saturated rings. The average molecular weight is 1370 g/mol. The summed E-state index contributed by atoms with van der Waals surface area (Å²) in [5, 5.41) is 5.85. The Morgan fingerprint density at radius 1 is 0.559 bits per heavy atom. The summed E-state index contributed by atoms with van der Waals surface area (Å²) in [4.78, 5) is 70.9. The smallest absolute Gasteiger partial charge is 0.410 e. The summed E-state index contributed by atoms with van der Waals surface area (Å²) in [5.41, 5.74) is 9.08. The van der Waals surface area contributed by atoms with Gasteiger partial charge in [0.15, 0.2) is 9.84 Å². The van der Waals surface area contributed by atoms with Crippen LogP contribution in [0.4, 0.5) is 4.79 Å². The third kappa shape index (κ3) is 18.2. The predicted molar refractivity (Wildman–Crippen MR) is 371 cm³/mol. The SMILES string of the molecule is C.CC(C)(C)OC(=O)N1CCc2c(cc(Cl)c(C(=O)N[C@@H](Cc3cccc(S(C)(=O)=O)c3)C(=O)OCc3ccccc3)c2Cl)C1.Cc1cccc(C[C@H](NC(=O)c2c(Cl)cc3c(c2Cl)CCN(C(P)(c2ccccc2)c2ccccc2)C3)C(=O)OCc2ccccc2)c1. The molecule has 8 aromatic carbocycles. The van der Waals surface area contributed by atoms with Crippen LogP contribution in [0.2, 0.25) is 20.1 Å². The van der Waals surface area contributed by atoms with Gasteiger partial charge in [0, 0.05) is 45.3 Å². The zero-order valence-corrected chi connectivity index (χ0v) is 56.5. The highest BCUT2D eigenvalue weighted by atomic mass is 35.5. The molecule has 0 saturated heterocycles. The van der Waals surface area contributed by atoms with E-state index in [0.29, 0.717) is 54.2 Å². The highest BCUT2D eigenvalue weighted by molar-refractivity contribution is 7.90. The maximum absolute atomic E-state index is 13.9. The van der Waals surface area contributed by atoms with Crippen LogP contribution in [-0.2, 0) is 90.9 Å². The number of carbonyl (C=O) groups excluding carboxylic acids is 5. The van der Waals surface area contributed by atoms with Gasteiger partial charge in [-0.05, 0) is 120 Å². The van der Waals surface area contributed by atoms with Gasteiger partial charge < -0.3 is 29.7 Å². The Bertz CT molecular complexity index is 4070. The fourth-order valence-corrected chi connectivity index (χ4v) is 14.0. The lowest BCUT2D eigenvalue weighted by Gasteiger charge is -2.45. The normalized spacial score (nSPS) is 13.7. The van der Waals surface area contributed by atoms with E-state index < -0.39 is 62.6 Å². The first-order chi connectivity index (χ1) is 43.9. The van der Waals surface area contributed by atoms with Crippen LogP contribution >= 0.6 is 55.6 Å². The first-order valence-electron chi connectivity index (χ1n) is 29.9. The number of carbonyl (C=O) groups is 5. The molecule has 2 heterocycles. The summed E-state index contributed by atoms with van der Waals surface area (Å²) in [5.74, 6) is -2.46. The number of esters is 2. The Labute approximate surface area is 567 Å². The molecule has 93 heavy (non-hydrogen) atoms. The van der Waals surface area contributed by atoms with Crippen molar-refractivity contribution in [3.8, 4) is 0 Å². The minimum absolute atomic E-state index is 0. The Morgan fingerprint density at radius 3 is 1.43 bits per heavy atom. The number of sulfone groups is 1. The molecule has 486 valence electrons. The summed E-state index contributed by atoms with van der Waals surface area (Å²) < 4.78 is 40.9. The van der Waals surface area contributed by atoms with Gasteiger partial charge in [-0.2, -0.15) is 0 Å². The van der Waals surface area contributed by atoms with Crippen LogP contribution in [0.15, 0.2) is 187 Å². The van der Waals surface area contributed by atoms with Crippen molar-refractivity contribution in [3.63, 3.8) is 0 Å². The van der Waals surface area contributed by atoms with Crippen LogP contribution in [-0.4, -0.2) is 85.1 Å². The maximum atomic E-state index is 13.9. The van der Waals surface area contributed by atoms with E-state index in [1.807, 2.05) is 97.9 Å². The van der Waals surface area contributed by atoms with E-state index in [1.165, 1.54) is 12.1 Å². The molecule has 10 rings (SSSR count). The minimum atomic E-state index is -3.50. The number of ether oxygens (including phenoxy) is 3. The van der Waals surface area contributed by atoms with Crippen molar-refractivity contribution in [2.45, 2.75) is 115 Å². The van der Waals surface area contributed by atoms with Gasteiger partial charge in [-0.15, -0.1) is 9.24 Å². The molecule has 20 heteroatoms. The Hall–Kier alpha value is -7.59. The molecule has 3 amide bonds. The van der Waals surface area contributed by atoms with Crippen molar-refractivity contribution >= 4 is 95.3 Å². The lowest BCUT2D eigenvalue weighted by Crippen LogP contribution is -2.45. The van der Waals surface area contributed by atoms with Crippen molar-refractivity contribution in [1.82, 2.24) is 20.4 Å². The van der Waals surface area contributed by atoms with E-state index in [-0.39, 0.29) is 71.1 Å². The number of halogens is 4. The fourth-order valence-electron chi connectivity index (χ4n) is 11.1. The molecular weight excluding hydrogens is 1300 g/mol. The van der Waals surface area contributed by atoms with Crippen LogP contribution in [0.5, 0.6) is 0 Å². The van der Waals surface area contributed by atoms with E-state index in [4.69, 9.17) is 60.6 Å². The molecule has 14 nitrogen and oxygen atoms in total. The summed E-state index contributed by atoms with van der Waals surface area (Å²) in [6.45, 7) is 9.23. The molecule has 1 unspecified atom stereocenters. The standard InChI is InChI=1S/C40H37Cl2N2O3P.C32H34Cl2N2O7S.CH4/c1-27-12-11-15-29(22-27)23-35(39(46)47-26-28-13-5-2-6-14-28)43-38(45)36-34(41)24-30-25-44(21-20-33(30)37(36)42)40(48,31-16-7-3-8-17-31)32-18-9-4-10-19-32;1-32(2,3)43-31(39)36-14-13-24-22(18-36)17-25(33)27(28(24)34)29(37)35-26(30(38)42-19-20-9-6-5-7-10-20)16-21-11-8-12-23(15-21)44(4,40)41;/h2-19,22,24,35H,20-21,23,25-26,48H2,1H3,(H,43,45);5-12,15,17,26H,13-14,16,18-19H2,1-4H3,(H,35,37);1H4/t35-;26-;/m00./s1. The van der Waals surface area contributed by atoms with E-state index in [1.54, 1.807) is 56.0 Å². The molecule has 0 saturated carbocycles. The lowest BCUT2D eigenvalue weighted by molar-refractivity contribution is -0.148. The molecule has 0 aromatic heterocycles. The van der Waals surface area contributed by atoms with Gasteiger partial charge in [0.2, 0.25) is 0 Å². The molecule has 3 atom stereocenters. The van der Waals surface area contributed by atoms with E-state index in [2.05, 4.69) is 73.3 Å². The average Bonchev–Trinajstić information content (AvgIpc) is 0.764. The molecule has 0 bridgehead atoms. The lowest BCUT2D eigenvalue weighted by atomic mass is 9.90. The molecule has 2 aliphatic heterocycles. The third-order valence-corrected chi connectivity index (χ3v) is 19.3. The topological polar surface area (TPSA) is 178 Å². The number of rotatable bonds is 18. The summed E-state index contributed by atoms with van der Waals surface area (Å²) in [7, 11) is -0.413. The number of hydrogen-bond acceptors (Lipinski definition) is 11. The van der Waals surface area contributed by atoms with Gasteiger partial charge in [-0.3, -0.25) is 14.5 Å². The molecule has 0 spiro atoms. The second kappa shape index (κ2) is 31.6. The van der Waals surface area contributed by atoms with Crippen molar-refractivity contribution in [1.29, 1.82) is 0 Å². The number of aryl methyl sites for hydroxylation is 1. The zero-order chi connectivity index (χ0) is 65.9. The van der Waals surface area contributed by atoms with Crippen molar-refractivity contribution in [2.75, 3.05) is 19.3 Å². The van der Waals surface area contributed by atoms with Crippen LogP contribution in [0, 0.1) is 6.92 Å². The number of nitrogens with one attached hydrogen (secondary N) is 2. The summed E-state index contributed by atoms with van der Waals surface area (Å²) in [6.07, 6.45) is 1.82. The van der Waals surface area contributed by atoms with Crippen molar-refractivity contribution < 1.29 is 46.6 Å². The second-order valence-corrected chi connectivity index (χ2v) is 28.2. The number of amides is 3. The first-order valence-corrected chi connectivity index (χ1v) is 33.8. The number of benzene rings is 8. The fraction of sp³-hybridized carbons (Fsp3) is 0.274. The number of nitrogens with zero attached hydrogens (tertiary/aromatic N) is 2. The molecule has 8 aromatic rings. The van der Waals surface area contributed by atoms with Gasteiger partial charge in [-0.1, -0.05) is 217 Å². The van der Waals surface area contributed by atoms with Gasteiger partial charge in [0.25, 0.3) is 11.8 Å². The van der Waals surface area contributed by atoms with E-state index >= 15 is 0 Å². The molecule has 2 aliphatic rings. The molecule has 2 N–H and O–H groups in total. The van der Waals surface area contributed by atoms with Crippen molar-refractivity contribution in [3.05, 3.63) is 274 Å². The highest BCUT2D eigenvalue weighted by Gasteiger charge is 2.39. The largest absolute Gasteiger partial charge is 0.459 e. The van der Waals surface area contributed by atoms with Crippen LogP contribution in [0.1, 0.15) is 110 Å². The van der Waals surface area contributed by atoms with Crippen LogP contribution < -0.4 is 10.6 Å². The van der Waals surface area contributed by atoms with E-state index in [9.17, 15) is 32.4 Å². The van der Waals surface area contributed by atoms with Crippen LogP contribution in [0.25, 0.3) is 0 Å². The predicted octanol–water partition coefficient (Wildman–Crippen LogP) is 14.9. The summed E-state index contributed by atoms with van der Waals surface area (Å²) in [6, 6.07) is 54.6. The van der Waals surface area contributed by atoms with Crippen molar-refractivity contribution in [2.24, 2.45) is 0 Å². The number of hydrogen-bond donors (Lipinski definition) is 2. The van der Waals surface area contributed by atoms with Gasteiger partial charge in [0.05, 0.1) is 41.4 Å². The minimum Gasteiger partial charge on any atom is -0.459 e. The van der Waals surface area contributed by atoms with Gasteiger partial charge in [0.1, 0.15) is 30.9 Å². The summed E-state index contributed by atoms with van der Waals surface area (Å²) >= 11 is 27.2. The Kier molecular flexibility index (Phi) is 24.2. The Morgan fingerprint density at radius 2 is 0.978 bits per heavy atom. The number of fused-ring (bicyclic) bond motifs is 2. The zero-order valence-electron chi connectivity index (χ0n) is 51.5. The molecule has 0 radical (unpaired) electrons. The van der Waals surface area contributed by atoms with Crippen LogP contribution in [0.3, 0.4) is 0 Å². The van der Waals surface area contributed by atoms with Gasteiger partial charge in [-0.25, -0.2) is 22.8 Å². The highest BCUT2D eigenvalue weighted by Crippen LogP contribution is 2.46. The van der Waals surface area contributed by atoms with Gasteiger partial charge >= 0.3 is 18.0 Å². The van der Waals surface area contributed by atoms with E-state index in [0.717, 1.165) is 50.8 Å². The third-order valence-electron chi connectivity index (χ3n) is 15.8. The molecular formula is C73H75Cl4N4O10PS. The molecule has 0 aliphatic carbocycles. The first kappa shape index (κ1) is 71.3. The maximum Gasteiger partial charge on any atom is 0.410 e. The quantitative estimate of drug-likeness (QED) is 0.0475. The second-order valence-electron chi connectivity index (χ2n) is 23.7. The monoisotopic (exact) mass is 1370 g/mol.